The highest BCUT2D eigenvalue weighted by atomic mass is 16.8. The van der Waals surface area contributed by atoms with E-state index in [2.05, 4.69) is 0 Å². The van der Waals surface area contributed by atoms with E-state index in [1.165, 1.54) is 18.4 Å². The zero-order chi connectivity index (χ0) is 14.0. The Morgan fingerprint density at radius 3 is 2.58 bits per heavy atom. The first-order valence-corrected chi connectivity index (χ1v) is 5.79. The van der Waals surface area contributed by atoms with E-state index in [4.69, 9.17) is 19.1 Å². The maximum Gasteiger partial charge on any atom is 0.218 e. The van der Waals surface area contributed by atoms with Crippen molar-refractivity contribution >= 4 is 5.88 Å². The van der Waals surface area contributed by atoms with Gasteiger partial charge in [0.1, 0.15) is 24.4 Å². The molecule has 2 rings (SSSR count). The molecule has 4 N–H and O–H groups in total. The van der Waals surface area contributed by atoms with Gasteiger partial charge in [-0.05, 0) is 6.07 Å². The Morgan fingerprint density at radius 2 is 2.00 bits per heavy atom. The normalized spacial score (nSPS) is 35.3. The first-order chi connectivity index (χ1) is 9.04. The molecule has 1 aromatic heterocycles. The number of rotatable bonds is 4. The van der Waals surface area contributed by atoms with E-state index < -0.39 is 37.3 Å². The Hall–Kier alpha value is -1.16. The number of hydrogen-bond acceptors (Lipinski definition) is 8. The van der Waals surface area contributed by atoms with Gasteiger partial charge < -0.3 is 29.6 Å². The molecule has 108 valence electrons. The Kier molecular flexibility index (Phi) is 4.40. The summed E-state index contributed by atoms with van der Waals surface area (Å²) in [6.45, 7) is -0.505. The quantitative estimate of drug-likeness (QED) is 0.488. The maximum atomic E-state index is 9.77. The van der Waals surface area contributed by atoms with Crippen LogP contribution in [0.25, 0.3) is 0 Å². The van der Waals surface area contributed by atoms with Crippen LogP contribution in [0.15, 0.2) is 22.8 Å². The number of furan rings is 1. The van der Waals surface area contributed by atoms with Crippen LogP contribution in [0.1, 0.15) is 0 Å². The lowest BCUT2D eigenvalue weighted by Gasteiger charge is -2.40. The zero-order valence-corrected chi connectivity index (χ0v) is 10.3. The summed E-state index contributed by atoms with van der Waals surface area (Å²) in [6.07, 6.45) is -5.12. The van der Waals surface area contributed by atoms with Crippen LogP contribution in [0.2, 0.25) is 0 Å². The highest BCUT2D eigenvalue weighted by Crippen LogP contribution is 2.24. The molecule has 0 amide bonds. The second-order valence-corrected chi connectivity index (χ2v) is 4.25. The monoisotopic (exact) mass is 275 g/mol. The third-order valence-corrected chi connectivity index (χ3v) is 2.93. The van der Waals surface area contributed by atoms with Gasteiger partial charge in [0.05, 0.1) is 12.9 Å². The topological polar surface area (TPSA) is 116 Å². The van der Waals surface area contributed by atoms with E-state index in [1.807, 2.05) is 0 Å². The second kappa shape index (κ2) is 5.87. The first-order valence-electron chi connectivity index (χ1n) is 5.79. The van der Waals surface area contributed by atoms with Gasteiger partial charge in [-0.1, -0.05) is 0 Å². The van der Waals surface area contributed by atoms with Crippen molar-refractivity contribution in [3.8, 4) is 0 Å². The fourth-order valence-corrected chi connectivity index (χ4v) is 1.81. The minimum absolute atomic E-state index is 0.372. The van der Waals surface area contributed by atoms with Crippen molar-refractivity contribution in [1.82, 2.24) is 0 Å². The van der Waals surface area contributed by atoms with Gasteiger partial charge in [0.25, 0.3) is 0 Å². The van der Waals surface area contributed by atoms with Crippen molar-refractivity contribution in [1.29, 1.82) is 0 Å². The Labute approximate surface area is 109 Å². The summed E-state index contributed by atoms with van der Waals surface area (Å²) in [6, 6.07) is 3.28. The molecule has 1 fully saturated rings. The van der Waals surface area contributed by atoms with Crippen LogP contribution in [0.4, 0.5) is 5.88 Å². The van der Waals surface area contributed by atoms with E-state index in [0.717, 1.165) is 0 Å². The van der Waals surface area contributed by atoms with Crippen LogP contribution < -0.4 is 5.06 Å². The molecule has 1 aromatic rings. The fourth-order valence-electron chi connectivity index (χ4n) is 1.81. The van der Waals surface area contributed by atoms with Crippen LogP contribution in [-0.2, 0) is 9.57 Å². The lowest BCUT2D eigenvalue weighted by molar-refractivity contribution is -0.303. The highest BCUT2D eigenvalue weighted by molar-refractivity contribution is 5.29. The predicted molar refractivity (Wildman–Crippen MR) is 62.0 cm³/mol. The van der Waals surface area contributed by atoms with Crippen LogP contribution in [0, 0.1) is 0 Å². The highest BCUT2D eigenvalue weighted by Gasteiger charge is 2.45. The first kappa shape index (κ1) is 14.3. The van der Waals surface area contributed by atoms with Crippen molar-refractivity contribution in [3.63, 3.8) is 0 Å². The van der Waals surface area contributed by atoms with Crippen molar-refractivity contribution < 1.29 is 34.4 Å². The number of aliphatic hydroxyl groups is 4. The molecular formula is C11H17NO7. The van der Waals surface area contributed by atoms with Crippen LogP contribution in [0.5, 0.6) is 0 Å². The van der Waals surface area contributed by atoms with Crippen molar-refractivity contribution in [2.75, 3.05) is 18.7 Å². The molecule has 2 heterocycles. The molecule has 0 bridgehead atoms. The van der Waals surface area contributed by atoms with E-state index in [1.54, 1.807) is 12.1 Å². The van der Waals surface area contributed by atoms with Gasteiger partial charge in [0.2, 0.25) is 12.2 Å². The zero-order valence-electron chi connectivity index (χ0n) is 10.3. The number of hydroxylamine groups is 1. The third-order valence-electron chi connectivity index (χ3n) is 2.93. The Balaban J connectivity index is 2.02. The average Bonchev–Trinajstić information content (AvgIpc) is 2.93. The summed E-state index contributed by atoms with van der Waals surface area (Å²) in [7, 11) is 1.53. The number of aliphatic hydroxyl groups excluding tert-OH is 4. The number of hydrogen-bond donors (Lipinski definition) is 4. The van der Waals surface area contributed by atoms with Gasteiger partial charge in [-0.15, -0.1) is 0 Å². The standard InChI is InChI=1S/C11H17NO7/c1-12(7-3-2-4-17-7)19-11-10(16)9(15)8(14)6(5-13)18-11/h2-4,6,8-11,13-16H,5H2,1H3/t6-,8-,9+,10-,11?/m1/s1. The van der Waals surface area contributed by atoms with Gasteiger partial charge >= 0.3 is 0 Å². The molecule has 0 saturated carbocycles. The van der Waals surface area contributed by atoms with Crippen LogP contribution in [0.3, 0.4) is 0 Å². The number of ether oxygens (including phenoxy) is 1. The van der Waals surface area contributed by atoms with Crippen LogP contribution in [-0.4, -0.2) is 64.8 Å². The van der Waals surface area contributed by atoms with Crippen molar-refractivity contribution in [2.24, 2.45) is 0 Å². The lowest BCUT2D eigenvalue weighted by atomic mass is 9.99. The summed E-state index contributed by atoms with van der Waals surface area (Å²) in [4.78, 5) is 5.28. The summed E-state index contributed by atoms with van der Waals surface area (Å²) in [5, 5.41) is 39.2. The molecule has 1 aliphatic heterocycles. The average molecular weight is 275 g/mol. The van der Waals surface area contributed by atoms with Gasteiger partial charge in [-0.25, -0.2) is 9.90 Å². The molecule has 0 spiro atoms. The molecule has 0 aromatic carbocycles. The lowest BCUT2D eigenvalue weighted by Crippen LogP contribution is -2.60. The summed E-state index contributed by atoms with van der Waals surface area (Å²) >= 11 is 0. The van der Waals surface area contributed by atoms with Crippen LogP contribution >= 0.6 is 0 Å². The Bertz CT molecular complexity index is 382. The number of nitrogens with zero attached hydrogens (tertiary/aromatic N) is 1. The molecule has 8 nitrogen and oxygen atoms in total. The van der Waals surface area contributed by atoms with Gasteiger partial charge in [0, 0.05) is 13.1 Å². The molecule has 1 aliphatic rings. The summed E-state index contributed by atoms with van der Waals surface area (Å²) in [5.74, 6) is 0.372. The van der Waals surface area contributed by atoms with Gasteiger partial charge in [-0.3, -0.25) is 0 Å². The largest absolute Gasteiger partial charge is 0.447 e. The minimum Gasteiger partial charge on any atom is -0.447 e. The van der Waals surface area contributed by atoms with E-state index in [9.17, 15) is 15.3 Å². The third kappa shape index (κ3) is 2.89. The summed E-state index contributed by atoms with van der Waals surface area (Å²) < 4.78 is 10.3. The fraction of sp³-hybridized carbons (Fsp3) is 0.636. The van der Waals surface area contributed by atoms with Crippen molar-refractivity contribution in [2.45, 2.75) is 30.7 Å². The molecule has 1 saturated heterocycles. The maximum absolute atomic E-state index is 9.77. The molecular weight excluding hydrogens is 258 g/mol. The van der Waals surface area contributed by atoms with E-state index in [0.29, 0.717) is 5.88 Å². The van der Waals surface area contributed by atoms with E-state index in [-0.39, 0.29) is 0 Å². The SMILES string of the molecule is CN(OC1O[C@H](CO)[C@@H](O)[C@H](O)[C@H]1O)c1ccco1. The number of anilines is 1. The van der Waals surface area contributed by atoms with Crippen molar-refractivity contribution in [3.05, 3.63) is 18.4 Å². The molecule has 0 radical (unpaired) electrons. The molecule has 0 aliphatic carbocycles. The molecule has 5 atom stereocenters. The molecule has 1 unspecified atom stereocenters. The van der Waals surface area contributed by atoms with E-state index >= 15 is 0 Å². The second-order valence-electron chi connectivity index (χ2n) is 4.25. The smallest absolute Gasteiger partial charge is 0.218 e. The molecule has 19 heavy (non-hydrogen) atoms. The molecule has 8 heteroatoms. The Morgan fingerprint density at radius 1 is 1.26 bits per heavy atom. The predicted octanol–water partition coefficient (Wildman–Crippen LogP) is -1.55. The summed E-state index contributed by atoms with van der Waals surface area (Å²) in [5.41, 5.74) is 0. The van der Waals surface area contributed by atoms with Gasteiger partial charge in [-0.2, -0.15) is 0 Å². The minimum atomic E-state index is -1.47. The van der Waals surface area contributed by atoms with Gasteiger partial charge in [0.15, 0.2) is 0 Å².